The highest BCUT2D eigenvalue weighted by molar-refractivity contribution is 6.05. The number of fused-ring (bicyclic) bond motifs is 3. The number of furan rings is 1. The summed E-state index contributed by atoms with van der Waals surface area (Å²) in [5.74, 6) is 0.812. The summed E-state index contributed by atoms with van der Waals surface area (Å²) < 4.78 is 11.5. The van der Waals surface area contributed by atoms with Crippen molar-refractivity contribution in [3.8, 4) is 5.75 Å². The lowest BCUT2D eigenvalue weighted by molar-refractivity contribution is 0.355. The molecule has 3 aromatic rings. The third-order valence-electron chi connectivity index (χ3n) is 3.36. The first-order chi connectivity index (χ1) is 9.65. The number of hydrogen-bond acceptors (Lipinski definition) is 2. The number of ether oxygens (including phenoxy) is 1. The van der Waals surface area contributed by atoms with E-state index in [1.165, 1.54) is 0 Å². The third-order valence-corrected chi connectivity index (χ3v) is 3.36. The normalized spacial score (nSPS) is 10.8. The molecule has 0 saturated heterocycles. The van der Waals surface area contributed by atoms with Crippen LogP contribution in [0.15, 0.2) is 71.2 Å². The maximum atomic E-state index is 5.78. The molecule has 2 aromatic carbocycles. The molecule has 0 bridgehead atoms. The largest absolute Gasteiger partial charge is 0.489 e. The van der Waals surface area contributed by atoms with Crippen LogP contribution in [0.1, 0.15) is 6.92 Å². The van der Waals surface area contributed by atoms with Gasteiger partial charge >= 0.3 is 0 Å². The zero-order valence-corrected chi connectivity index (χ0v) is 11.5. The van der Waals surface area contributed by atoms with Gasteiger partial charge < -0.3 is 9.15 Å². The molecule has 0 saturated carbocycles. The van der Waals surface area contributed by atoms with E-state index >= 15 is 0 Å². The number of benzene rings is 2. The Hall–Kier alpha value is -2.48. The van der Waals surface area contributed by atoms with E-state index in [0.29, 0.717) is 6.61 Å². The van der Waals surface area contributed by atoms with Crippen molar-refractivity contribution in [2.45, 2.75) is 6.92 Å². The lowest BCUT2D eigenvalue weighted by Gasteiger charge is -2.08. The van der Waals surface area contributed by atoms with Crippen LogP contribution in [-0.4, -0.2) is 6.61 Å². The Morgan fingerprint density at radius 2 is 1.80 bits per heavy atom. The fraction of sp³-hybridized carbons (Fsp3) is 0.111. The molecule has 0 fully saturated rings. The smallest absolute Gasteiger partial charge is 0.135 e. The van der Waals surface area contributed by atoms with Gasteiger partial charge in [-0.3, -0.25) is 0 Å². The number of hydrogen-bond donors (Lipinski definition) is 0. The van der Waals surface area contributed by atoms with E-state index in [0.717, 1.165) is 38.8 Å². The lowest BCUT2D eigenvalue weighted by atomic mass is 10.1. The quantitative estimate of drug-likeness (QED) is 0.612. The van der Waals surface area contributed by atoms with Crippen molar-refractivity contribution in [3.63, 3.8) is 0 Å². The summed E-state index contributed by atoms with van der Waals surface area (Å²) in [6, 6.07) is 13.9. The van der Waals surface area contributed by atoms with E-state index in [4.69, 9.17) is 9.15 Å². The first kappa shape index (κ1) is 12.5. The van der Waals surface area contributed by atoms with Crippen molar-refractivity contribution in [2.24, 2.45) is 0 Å². The van der Waals surface area contributed by atoms with Gasteiger partial charge in [-0.05, 0) is 36.8 Å². The van der Waals surface area contributed by atoms with Crippen molar-refractivity contribution in [1.82, 2.24) is 0 Å². The average molecular weight is 264 g/mol. The van der Waals surface area contributed by atoms with Crippen molar-refractivity contribution < 1.29 is 9.15 Å². The molecule has 1 heterocycles. The van der Waals surface area contributed by atoms with Crippen LogP contribution < -0.4 is 4.74 Å². The molecule has 2 heteroatoms. The molecule has 0 amide bonds. The Labute approximate surface area is 118 Å². The second-order valence-corrected chi connectivity index (χ2v) is 4.93. The van der Waals surface area contributed by atoms with Gasteiger partial charge in [-0.2, -0.15) is 0 Å². The lowest BCUT2D eigenvalue weighted by Crippen LogP contribution is -2.00. The Morgan fingerprint density at radius 3 is 2.60 bits per heavy atom. The molecule has 20 heavy (non-hydrogen) atoms. The second kappa shape index (κ2) is 4.89. The second-order valence-electron chi connectivity index (χ2n) is 4.93. The van der Waals surface area contributed by atoms with Crippen molar-refractivity contribution in [2.75, 3.05) is 6.61 Å². The molecular formula is C18H16O2. The van der Waals surface area contributed by atoms with Gasteiger partial charge in [0.2, 0.25) is 0 Å². The Morgan fingerprint density at radius 1 is 1.05 bits per heavy atom. The van der Waals surface area contributed by atoms with E-state index in [9.17, 15) is 0 Å². The van der Waals surface area contributed by atoms with Gasteiger partial charge in [-0.15, -0.1) is 0 Å². The van der Waals surface area contributed by atoms with Crippen molar-refractivity contribution in [1.29, 1.82) is 0 Å². The average Bonchev–Trinajstić information content (AvgIpc) is 2.82. The highest BCUT2D eigenvalue weighted by atomic mass is 16.5. The third kappa shape index (κ3) is 2.21. The minimum atomic E-state index is 0.455. The van der Waals surface area contributed by atoms with Gasteiger partial charge in [0.15, 0.2) is 0 Å². The molecule has 0 atom stereocenters. The van der Waals surface area contributed by atoms with Crippen LogP contribution in [0, 0.1) is 0 Å². The summed E-state index contributed by atoms with van der Waals surface area (Å²) in [5.41, 5.74) is 3.62. The molecule has 0 radical (unpaired) electrons. The van der Waals surface area contributed by atoms with E-state index in [-0.39, 0.29) is 0 Å². The molecule has 2 nitrogen and oxygen atoms in total. The first-order valence-corrected chi connectivity index (χ1v) is 6.53. The molecule has 0 aliphatic rings. The zero-order valence-electron chi connectivity index (χ0n) is 11.5. The maximum Gasteiger partial charge on any atom is 0.135 e. The predicted octanol–water partition coefficient (Wildman–Crippen LogP) is 5.10. The summed E-state index contributed by atoms with van der Waals surface area (Å²) in [5, 5.41) is 2.17. The maximum absolute atomic E-state index is 5.78. The van der Waals surface area contributed by atoms with Crippen LogP contribution in [0.25, 0.3) is 21.9 Å². The van der Waals surface area contributed by atoms with E-state index in [1.54, 1.807) is 0 Å². The van der Waals surface area contributed by atoms with Crippen LogP contribution >= 0.6 is 0 Å². The summed E-state index contributed by atoms with van der Waals surface area (Å²) >= 11 is 0. The van der Waals surface area contributed by atoms with Gasteiger partial charge in [-0.1, -0.05) is 36.9 Å². The summed E-state index contributed by atoms with van der Waals surface area (Å²) in [6.45, 7) is 10.2. The highest BCUT2D eigenvalue weighted by Gasteiger charge is 2.07. The zero-order chi connectivity index (χ0) is 14.1. The Bertz CT molecular complexity index is 809. The molecule has 0 aliphatic heterocycles. The van der Waals surface area contributed by atoms with Gasteiger partial charge in [0.1, 0.15) is 23.5 Å². The van der Waals surface area contributed by atoms with Gasteiger partial charge in [0.05, 0.1) is 0 Å². The first-order valence-electron chi connectivity index (χ1n) is 6.53. The number of para-hydroxylation sites is 1. The monoisotopic (exact) mass is 264 g/mol. The molecule has 0 aliphatic carbocycles. The molecular weight excluding hydrogens is 248 g/mol. The minimum Gasteiger partial charge on any atom is -0.489 e. The van der Waals surface area contributed by atoms with Crippen LogP contribution in [0.4, 0.5) is 0 Å². The molecule has 1 aromatic heterocycles. The van der Waals surface area contributed by atoms with Crippen LogP contribution in [0.5, 0.6) is 5.75 Å². The van der Waals surface area contributed by atoms with E-state index in [2.05, 4.69) is 19.2 Å². The molecule has 0 unspecified atom stereocenters. The fourth-order valence-electron chi connectivity index (χ4n) is 2.09. The van der Waals surface area contributed by atoms with Crippen LogP contribution in [0.2, 0.25) is 0 Å². The van der Waals surface area contributed by atoms with Gasteiger partial charge in [-0.25, -0.2) is 0 Å². The number of rotatable bonds is 4. The molecule has 3 rings (SSSR count). The molecule has 0 N–H and O–H groups in total. The van der Waals surface area contributed by atoms with Crippen molar-refractivity contribution >= 4 is 21.9 Å². The standard InChI is InChI=1S/C18H16O2/c1-12(2)13(3)11-19-14-8-9-18-16(10-14)15-6-4-5-7-17(15)20-18/h4-10H,1,3,11H2,2H3. The van der Waals surface area contributed by atoms with Gasteiger partial charge in [0, 0.05) is 10.8 Å². The fourth-order valence-corrected chi connectivity index (χ4v) is 2.09. The van der Waals surface area contributed by atoms with E-state index < -0.39 is 0 Å². The summed E-state index contributed by atoms with van der Waals surface area (Å²) in [4.78, 5) is 0. The molecule has 100 valence electrons. The highest BCUT2D eigenvalue weighted by Crippen LogP contribution is 2.31. The predicted molar refractivity (Wildman–Crippen MR) is 83.2 cm³/mol. The molecule has 0 spiro atoms. The summed E-state index contributed by atoms with van der Waals surface area (Å²) in [6.07, 6.45) is 0. The summed E-state index contributed by atoms with van der Waals surface area (Å²) in [7, 11) is 0. The topological polar surface area (TPSA) is 22.4 Å². The van der Waals surface area contributed by atoms with E-state index in [1.807, 2.05) is 43.3 Å². The Kier molecular flexibility index (Phi) is 3.07. The van der Waals surface area contributed by atoms with Crippen LogP contribution in [-0.2, 0) is 0 Å². The van der Waals surface area contributed by atoms with Crippen LogP contribution in [0.3, 0.4) is 0 Å². The van der Waals surface area contributed by atoms with Crippen molar-refractivity contribution in [3.05, 3.63) is 66.8 Å². The SMILES string of the molecule is C=C(C)C(=C)COc1ccc2oc3ccccc3c2c1. The minimum absolute atomic E-state index is 0.455. The van der Waals surface area contributed by atoms with Gasteiger partial charge in [0.25, 0.3) is 0 Å². The Balaban J connectivity index is 1.95.